The van der Waals surface area contributed by atoms with E-state index < -0.39 is 22.8 Å². The van der Waals surface area contributed by atoms with Crippen LogP contribution in [-0.2, 0) is 17.8 Å². The average Bonchev–Trinajstić information content (AvgIpc) is 2.94. The fourth-order valence-corrected chi connectivity index (χ4v) is 1.83. The van der Waals surface area contributed by atoms with Crippen LogP contribution in [0.1, 0.15) is 12.8 Å². The molecule has 0 spiro atoms. The lowest BCUT2D eigenvalue weighted by Gasteiger charge is -2.03. The average molecular weight is 300 g/mol. The van der Waals surface area contributed by atoms with Crippen LogP contribution in [0.3, 0.4) is 0 Å². The van der Waals surface area contributed by atoms with Gasteiger partial charge < -0.3 is 4.74 Å². The molecule has 0 aromatic carbocycles. The van der Waals surface area contributed by atoms with Gasteiger partial charge in [0.25, 0.3) is 0 Å². The van der Waals surface area contributed by atoms with Gasteiger partial charge in [0, 0.05) is 26.3 Å². The van der Waals surface area contributed by atoms with Gasteiger partial charge in [0.15, 0.2) is 0 Å². The molecular formula is C10H16N6O5. The van der Waals surface area contributed by atoms with Crippen LogP contribution in [0.2, 0.25) is 0 Å². The highest BCUT2D eigenvalue weighted by Crippen LogP contribution is 1.89. The van der Waals surface area contributed by atoms with E-state index in [-0.39, 0.29) is 13.1 Å². The Morgan fingerprint density at radius 2 is 1.00 bits per heavy atom. The quantitative estimate of drug-likeness (QED) is 0.399. The minimum Gasteiger partial charge on any atom is -0.381 e. The standard InChI is InChI=1S/C10H16N6O5/c17-7-11-12-8(18)15(7)3-1-5-21-6-2-4-16-9(19)13-14-10(16)20/h1-6H2,(H,11,17)(H,12,18)(H,13,19)(H,14,20). The number of hydrogen-bond donors (Lipinski definition) is 4. The van der Waals surface area contributed by atoms with Crippen molar-refractivity contribution in [3.63, 3.8) is 0 Å². The van der Waals surface area contributed by atoms with Crippen LogP contribution in [0, 0.1) is 0 Å². The van der Waals surface area contributed by atoms with Crippen LogP contribution in [-0.4, -0.2) is 42.7 Å². The van der Waals surface area contributed by atoms with E-state index in [0.717, 1.165) is 9.13 Å². The number of nitrogens with one attached hydrogen (secondary N) is 4. The molecular weight excluding hydrogens is 284 g/mol. The highest BCUT2D eigenvalue weighted by atomic mass is 16.5. The van der Waals surface area contributed by atoms with Crippen molar-refractivity contribution in [2.45, 2.75) is 25.9 Å². The molecule has 11 heteroatoms. The summed E-state index contributed by atoms with van der Waals surface area (Å²) in [6.07, 6.45) is 1.01. The van der Waals surface area contributed by atoms with Crippen LogP contribution in [0.5, 0.6) is 0 Å². The van der Waals surface area contributed by atoms with Gasteiger partial charge >= 0.3 is 22.8 Å². The summed E-state index contributed by atoms with van der Waals surface area (Å²) in [4.78, 5) is 44.7. The van der Waals surface area contributed by atoms with E-state index in [1.807, 2.05) is 0 Å². The minimum atomic E-state index is -0.481. The largest absolute Gasteiger partial charge is 0.381 e. The molecule has 0 bridgehead atoms. The summed E-state index contributed by atoms with van der Waals surface area (Å²) >= 11 is 0. The van der Waals surface area contributed by atoms with E-state index in [4.69, 9.17) is 4.74 Å². The van der Waals surface area contributed by atoms with E-state index >= 15 is 0 Å². The number of ether oxygens (including phenoxy) is 1. The van der Waals surface area contributed by atoms with Crippen molar-refractivity contribution < 1.29 is 4.74 Å². The Balaban J connectivity index is 1.63. The Hall–Kier alpha value is -2.56. The van der Waals surface area contributed by atoms with Crippen molar-refractivity contribution in [1.82, 2.24) is 29.5 Å². The van der Waals surface area contributed by atoms with Crippen molar-refractivity contribution in [3.8, 4) is 0 Å². The molecule has 2 heterocycles. The lowest BCUT2D eigenvalue weighted by atomic mass is 10.4. The molecule has 4 N–H and O–H groups in total. The third kappa shape index (κ3) is 3.72. The molecule has 11 nitrogen and oxygen atoms in total. The Kier molecular flexibility index (Phi) is 4.77. The van der Waals surface area contributed by atoms with Gasteiger partial charge in [0.1, 0.15) is 0 Å². The van der Waals surface area contributed by atoms with Crippen molar-refractivity contribution in [1.29, 1.82) is 0 Å². The second-order valence-corrected chi connectivity index (χ2v) is 4.34. The summed E-state index contributed by atoms with van der Waals surface area (Å²) in [6, 6.07) is 0. The smallest absolute Gasteiger partial charge is 0.344 e. The van der Waals surface area contributed by atoms with Crippen molar-refractivity contribution >= 4 is 0 Å². The highest BCUT2D eigenvalue weighted by molar-refractivity contribution is 4.66. The number of nitrogens with zero attached hydrogens (tertiary/aromatic N) is 2. The monoisotopic (exact) mass is 300 g/mol. The highest BCUT2D eigenvalue weighted by Gasteiger charge is 2.03. The molecule has 0 saturated carbocycles. The first-order chi connectivity index (χ1) is 10.1. The zero-order valence-corrected chi connectivity index (χ0v) is 11.2. The predicted molar refractivity (Wildman–Crippen MR) is 71.4 cm³/mol. The summed E-state index contributed by atoms with van der Waals surface area (Å²) in [5.74, 6) is 0. The van der Waals surface area contributed by atoms with Crippen LogP contribution in [0.15, 0.2) is 19.2 Å². The van der Waals surface area contributed by atoms with Gasteiger partial charge in [-0.2, -0.15) is 0 Å². The molecule has 0 aliphatic heterocycles. The van der Waals surface area contributed by atoms with Gasteiger partial charge in [0.05, 0.1) is 0 Å². The number of rotatable bonds is 8. The molecule has 0 aliphatic carbocycles. The first-order valence-electron chi connectivity index (χ1n) is 6.42. The van der Waals surface area contributed by atoms with E-state index in [9.17, 15) is 19.2 Å². The molecule has 116 valence electrons. The fourth-order valence-electron chi connectivity index (χ4n) is 1.83. The maximum absolute atomic E-state index is 11.2. The van der Waals surface area contributed by atoms with Crippen LogP contribution in [0.4, 0.5) is 0 Å². The molecule has 2 aromatic heterocycles. The molecule has 0 aliphatic rings. The lowest BCUT2D eigenvalue weighted by molar-refractivity contribution is 0.123. The number of H-pyrrole nitrogens is 4. The Morgan fingerprint density at radius 1 is 0.667 bits per heavy atom. The lowest BCUT2D eigenvalue weighted by Crippen LogP contribution is -2.27. The molecule has 21 heavy (non-hydrogen) atoms. The Labute approximate surface area is 116 Å². The number of aromatic amines is 4. The van der Waals surface area contributed by atoms with Gasteiger partial charge in [-0.3, -0.25) is 0 Å². The van der Waals surface area contributed by atoms with E-state index in [1.165, 1.54) is 0 Å². The zero-order valence-electron chi connectivity index (χ0n) is 11.2. The second kappa shape index (κ2) is 6.74. The van der Waals surface area contributed by atoms with Gasteiger partial charge in [-0.1, -0.05) is 0 Å². The third-order valence-corrected chi connectivity index (χ3v) is 2.87. The zero-order chi connectivity index (χ0) is 15.2. The van der Waals surface area contributed by atoms with E-state index in [1.54, 1.807) is 0 Å². The van der Waals surface area contributed by atoms with Gasteiger partial charge in [-0.15, -0.1) is 0 Å². The number of aromatic nitrogens is 6. The SMILES string of the molecule is O=c1[nH][nH]c(=O)n1CCCOCCCn1c(=O)[nH][nH]c1=O. The van der Waals surface area contributed by atoms with Crippen molar-refractivity contribution in [2.75, 3.05) is 13.2 Å². The summed E-state index contributed by atoms with van der Waals surface area (Å²) in [6.45, 7) is 1.26. The topological polar surface area (TPSA) is 151 Å². The first kappa shape index (κ1) is 14.8. The van der Waals surface area contributed by atoms with E-state index in [0.29, 0.717) is 26.1 Å². The minimum absolute atomic E-state index is 0.259. The summed E-state index contributed by atoms with van der Waals surface area (Å²) in [7, 11) is 0. The predicted octanol–water partition coefficient (Wildman–Crippen LogP) is -2.46. The molecule has 0 unspecified atom stereocenters. The molecule has 0 saturated heterocycles. The normalized spacial score (nSPS) is 11.0. The van der Waals surface area contributed by atoms with Crippen molar-refractivity contribution in [3.05, 3.63) is 41.9 Å². The second-order valence-electron chi connectivity index (χ2n) is 4.34. The molecule has 0 amide bonds. The Morgan fingerprint density at radius 3 is 1.33 bits per heavy atom. The molecule has 0 radical (unpaired) electrons. The van der Waals surface area contributed by atoms with E-state index in [2.05, 4.69) is 20.4 Å². The van der Waals surface area contributed by atoms with Crippen molar-refractivity contribution in [2.24, 2.45) is 0 Å². The summed E-state index contributed by atoms with van der Waals surface area (Å²) in [5, 5.41) is 8.74. The molecule has 0 atom stereocenters. The van der Waals surface area contributed by atoms with Crippen LogP contribution < -0.4 is 22.8 Å². The third-order valence-electron chi connectivity index (χ3n) is 2.87. The maximum Gasteiger partial charge on any atom is 0.344 e. The summed E-state index contributed by atoms with van der Waals surface area (Å²) < 4.78 is 7.40. The van der Waals surface area contributed by atoms with Crippen LogP contribution in [0.25, 0.3) is 0 Å². The maximum atomic E-state index is 11.2. The van der Waals surface area contributed by atoms with Gasteiger partial charge in [-0.05, 0) is 12.8 Å². The summed E-state index contributed by atoms with van der Waals surface area (Å²) in [5.41, 5.74) is -1.92. The number of hydrogen-bond acceptors (Lipinski definition) is 5. The Bertz CT molecular complexity index is 665. The molecule has 0 fully saturated rings. The fraction of sp³-hybridized carbons (Fsp3) is 0.600. The molecule has 2 rings (SSSR count). The van der Waals surface area contributed by atoms with Gasteiger partial charge in [0.2, 0.25) is 0 Å². The van der Waals surface area contributed by atoms with Gasteiger partial charge in [-0.25, -0.2) is 48.7 Å². The first-order valence-corrected chi connectivity index (χ1v) is 6.42. The van der Waals surface area contributed by atoms with Crippen LogP contribution >= 0.6 is 0 Å². The molecule has 2 aromatic rings.